The Balaban J connectivity index is 0.00000192. The van der Waals surface area contributed by atoms with Crippen LogP contribution in [0.4, 0.5) is 0 Å². The fourth-order valence-electron chi connectivity index (χ4n) is 3.32. The first-order valence-corrected chi connectivity index (χ1v) is 7.89. The lowest BCUT2D eigenvalue weighted by Gasteiger charge is -2.15. The van der Waals surface area contributed by atoms with Crippen molar-refractivity contribution < 1.29 is 14.3 Å². The Morgan fingerprint density at radius 2 is 2.13 bits per heavy atom. The summed E-state index contributed by atoms with van der Waals surface area (Å²) < 4.78 is 10.9. The van der Waals surface area contributed by atoms with E-state index in [-0.39, 0.29) is 29.8 Å². The molecular weight excluding hydrogens is 314 g/mol. The lowest BCUT2D eigenvalue weighted by atomic mass is 9.96. The number of hydrogen-bond donors (Lipinski definition) is 1. The number of nitrogens with one attached hydrogen (secondary N) is 1. The van der Waals surface area contributed by atoms with E-state index < -0.39 is 0 Å². The molecule has 4 nitrogen and oxygen atoms in total. The molecule has 1 heterocycles. The third-order valence-electron chi connectivity index (χ3n) is 4.69. The summed E-state index contributed by atoms with van der Waals surface area (Å²) in [5, 5.41) is 3.40. The highest BCUT2D eigenvalue weighted by Crippen LogP contribution is 2.57. The monoisotopic (exact) mass is 337 g/mol. The fraction of sp³-hybridized carbons (Fsp3) is 0.500. The molecule has 5 heteroatoms. The smallest absolute Gasteiger partial charge is 0.323 e. The standard InChI is InChI=1S/C18H23NO3.ClH/c1-2-9-21-10-8-18-11-15(19-16(18)12-18)17(20)22-13-14-6-4-3-5-7-14;/h2-7,15-16,19H,1,8-13H2;1H/t15-,16-,18-;/m0./s1. The van der Waals surface area contributed by atoms with Crippen LogP contribution in [0.1, 0.15) is 24.8 Å². The fourth-order valence-corrected chi connectivity index (χ4v) is 3.32. The van der Waals surface area contributed by atoms with Gasteiger partial charge in [-0.3, -0.25) is 4.79 Å². The quantitative estimate of drug-likeness (QED) is 0.450. The van der Waals surface area contributed by atoms with Crippen molar-refractivity contribution in [2.75, 3.05) is 13.2 Å². The molecule has 3 rings (SSSR count). The van der Waals surface area contributed by atoms with Gasteiger partial charge in [0.1, 0.15) is 12.6 Å². The van der Waals surface area contributed by atoms with Crippen LogP contribution < -0.4 is 5.32 Å². The summed E-state index contributed by atoms with van der Waals surface area (Å²) in [7, 11) is 0. The van der Waals surface area contributed by atoms with Gasteiger partial charge in [-0.05, 0) is 30.2 Å². The minimum Gasteiger partial charge on any atom is -0.460 e. The highest BCUT2D eigenvalue weighted by atomic mass is 35.5. The molecule has 1 aromatic rings. The maximum absolute atomic E-state index is 12.2. The number of halogens is 1. The predicted molar refractivity (Wildman–Crippen MR) is 91.5 cm³/mol. The average molecular weight is 338 g/mol. The number of carbonyl (C=O) groups excluding carboxylic acids is 1. The molecule has 126 valence electrons. The van der Waals surface area contributed by atoms with E-state index in [1.165, 1.54) is 0 Å². The zero-order valence-corrected chi connectivity index (χ0v) is 14.0. The van der Waals surface area contributed by atoms with Gasteiger partial charge in [0.2, 0.25) is 0 Å². The number of rotatable bonds is 8. The van der Waals surface area contributed by atoms with E-state index in [9.17, 15) is 4.79 Å². The molecule has 23 heavy (non-hydrogen) atoms. The van der Waals surface area contributed by atoms with Crippen molar-refractivity contribution in [3.05, 3.63) is 48.6 Å². The van der Waals surface area contributed by atoms with E-state index in [0.717, 1.165) is 31.4 Å². The maximum atomic E-state index is 12.2. The number of ether oxygens (including phenoxy) is 2. The summed E-state index contributed by atoms with van der Waals surface area (Å²) in [6, 6.07) is 10.1. The van der Waals surface area contributed by atoms with Gasteiger partial charge < -0.3 is 14.8 Å². The third-order valence-corrected chi connectivity index (χ3v) is 4.69. The Hall–Kier alpha value is -1.36. The highest BCUT2D eigenvalue weighted by molar-refractivity contribution is 5.85. The van der Waals surface area contributed by atoms with Gasteiger partial charge >= 0.3 is 5.97 Å². The number of fused-ring (bicyclic) bond motifs is 1. The highest BCUT2D eigenvalue weighted by Gasteiger charge is 2.61. The van der Waals surface area contributed by atoms with Crippen LogP contribution in [0.25, 0.3) is 0 Å². The van der Waals surface area contributed by atoms with Crippen molar-refractivity contribution in [1.29, 1.82) is 0 Å². The van der Waals surface area contributed by atoms with Gasteiger partial charge in [0.25, 0.3) is 0 Å². The lowest BCUT2D eigenvalue weighted by molar-refractivity contribution is -0.147. The molecule has 0 aromatic heterocycles. The summed E-state index contributed by atoms with van der Waals surface area (Å²) in [4.78, 5) is 12.2. The van der Waals surface area contributed by atoms with Crippen molar-refractivity contribution in [1.82, 2.24) is 5.32 Å². The summed E-state index contributed by atoms with van der Waals surface area (Å²) in [6.45, 7) is 5.31. The van der Waals surface area contributed by atoms with Crippen LogP contribution in [0.15, 0.2) is 43.0 Å². The molecule has 0 amide bonds. The molecule has 0 unspecified atom stereocenters. The Bertz CT molecular complexity index is 536. The molecule has 0 bridgehead atoms. The van der Waals surface area contributed by atoms with Gasteiger partial charge in [0.05, 0.1) is 6.61 Å². The van der Waals surface area contributed by atoms with Gasteiger partial charge in [-0.15, -0.1) is 19.0 Å². The Kier molecular flexibility index (Phi) is 6.22. The van der Waals surface area contributed by atoms with Gasteiger partial charge in [-0.1, -0.05) is 36.4 Å². The average Bonchev–Trinajstić information content (AvgIpc) is 3.10. The van der Waals surface area contributed by atoms with Gasteiger partial charge in [0.15, 0.2) is 0 Å². The first-order chi connectivity index (χ1) is 10.7. The largest absolute Gasteiger partial charge is 0.460 e. The van der Waals surface area contributed by atoms with Crippen LogP contribution >= 0.6 is 12.4 Å². The molecule has 3 atom stereocenters. The topological polar surface area (TPSA) is 47.6 Å². The van der Waals surface area contributed by atoms with Crippen LogP contribution in [0.3, 0.4) is 0 Å². The first kappa shape index (κ1) is 18.0. The molecule has 1 aliphatic heterocycles. The number of benzene rings is 1. The number of esters is 1. The second kappa shape index (κ2) is 7.95. The molecule has 2 fully saturated rings. The molecule has 0 spiro atoms. The minimum absolute atomic E-state index is 0. The van der Waals surface area contributed by atoms with Crippen molar-refractivity contribution in [3.63, 3.8) is 0 Å². The normalized spacial score (nSPS) is 27.7. The van der Waals surface area contributed by atoms with Crippen molar-refractivity contribution in [3.8, 4) is 0 Å². The first-order valence-electron chi connectivity index (χ1n) is 7.89. The van der Waals surface area contributed by atoms with Crippen molar-refractivity contribution >= 4 is 18.4 Å². The van der Waals surface area contributed by atoms with E-state index in [1.54, 1.807) is 6.08 Å². The molecule has 1 aromatic carbocycles. The summed E-state index contributed by atoms with van der Waals surface area (Å²) >= 11 is 0. The van der Waals surface area contributed by atoms with Crippen LogP contribution in [-0.4, -0.2) is 31.3 Å². The number of hydrogen-bond acceptors (Lipinski definition) is 4. The summed E-state index contributed by atoms with van der Waals surface area (Å²) in [6.07, 6.45) is 4.77. The van der Waals surface area contributed by atoms with E-state index in [0.29, 0.717) is 19.3 Å². The predicted octanol–water partition coefficient (Wildman–Crippen LogP) is 2.86. The SMILES string of the molecule is C=CCOCC[C@@]12C[C@@H](C(=O)OCc3ccccc3)N[C@H]1C2.Cl. The second-order valence-corrected chi connectivity index (χ2v) is 6.25. The van der Waals surface area contributed by atoms with E-state index in [1.807, 2.05) is 30.3 Å². The number of carbonyl (C=O) groups is 1. The Morgan fingerprint density at radius 3 is 2.87 bits per heavy atom. The molecule has 1 saturated heterocycles. The maximum Gasteiger partial charge on any atom is 0.323 e. The zero-order valence-electron chi connectivity index (χ0n) is 13.2. The Labute approximate surface area is 143 Å². The molecule has 1 N–H and O–H groups in total. The van der Waals surface area contributed by atoms with E-state index in [2.05, 4.69) is 11.9 Å². The van der Waals surface area contributed by atoms with Gasteiger partial charge in [-0.2, -0.15) is 0 Å². The zero-order chi connectivity index (χ0) is 15.4. The van der Waals surface area contributed by atoms with E-state index >= 15 is 0 Å². The van der Waals surface area contributed by atoms with Crippen molar-refractivity contribution in [2.24, 2.45) is 5.41 Å². The third kappa shape index (κ3) is 4.34. The molecular formula is C18H24ClNO3. The van der Waals surface area contributed by atoms with Gasteiger partial charge in [0, 0.05) is 12.6 Å². The lowest BCUT2D eigenvalue weighted by Crippen LogP contribution is -2.35. The van der Waals surface area contributed by atoms with Crippen LogP contribution in [0.2, 0.25) is 0 Å². The molecule has 1 saturated carbocycles. The number of piperidine rings is 1. The van der Waals surface area contributed by atoms with Crippen molar-refractivity contribution in [2.45, 2.75) is 38.0 Å². The molecule has 2 aliphatic rings. The molecule has 0 radical (unpaired) electrons. The minimum atomic E-state index is -0.165. The Morgan fingerprint density at radius 1 is 1.35 bits per heavy atom. The molecule has 1 aliphatic carbocycles. The van der Waals surface area contributed by atoms with Gasteiger partial charge in [-0.25, -0.2) is 0 Å². The van der Waals surface area contributed by atoms with E-state index in [4.69, 9.17) is 9.47 Å². The van der Waals surface area contributed by atoms with Crippen LogP contribution in [0, 0.1) is 5.41 Å². The van der Waals surface area contributed by atoms with Crippen LogP contribution in [0.5, 0.6) is 0 Å². The summed E-state index contributed by atoms with van der Waals surface area (Å²) in [5.74, 6) is -0.137. The summed E-state index contributed by atoms with van der Waals surface area (Å²) in [5.41, 5.74) is 1.27. The van der Waals surface area contributed by atoms with Crippen LogP contribution in [-0.2, 0) is 20.9 Å². The second-order valence-electron chi connectivity index (χ2n) is 6.25.